The second-order valence-electron chi connectivity index (χ2n) is 6.39. The molecule has 0 amide bonds. The minimum atomic E-state index is -0.409. The summed E-state index contributed by atoms with van der Waals surface area (Å²) in [5.41, 5.74) is 1.80. The summed E-state index contributed by atoms with van der Waals surface area (Å²) in [5, 5.41) is 14.4. The molecule has 0 aliphatic heterocycles. The van der Waals surface area contributed by atoms with Gasteiger partial charge in [-0.2, -0.15) is 5.26 Å². The number of pyridine rings is 1. The van der Waals surface area contributed by atoms with Crippen LogP contribution in [-0.2, 0) is 4.74 Å². The topological polar surface area (TPSA) is 101 Å². The van der Waals surface area contributed by atoms with Gasteiger partial charge in [0.05, 0.1) is 30.2 Å². The van der Waals surface area contributed by atoms with Crippen LogP contribution in [0.5, 0.6) is 0 Å². The van der Waals surface area contributed by atoms with Crippen molar-refractivity contribution in [2.45, 2.75) is 25.3 Å². The van der Waals surface area contributed by atoms with Gasteiger partial charge >= 0.3 is 5.97 Å². The molecule has 1 fully saturated rings. The molecule has 1 aromatic carbocycles. The number of anilines is 1. The third-order valence-corrected chi connectivity index (χ3v) is 4.88. The summed E-state index contributed by atoms with van der Waals surface area (Å²) in [6.07, 6.45) is 6.06. The maximum absolute atomic E-state index is 11.8. The molecule has 2 unspecified atom stereocenters. The van der Waals surface area contributed by atoms with E-state index in [1.54, 1.807) is 18.3 Å². The van der Waals surface area contributed by atoms with Gasteiger partial charge in [-0.25, -0.2) is 19.7 Å². The summed E-state index contributed by atoms with van der Waals surface area (Å²) in [5.74, 6) is 0.169. The van der Waals surface area contributed by atoms with Gasteiger partial charge in [-0.3, -0.25) is 0 Å². The lowest BCUT2D eigenvalue weighted by Gasteiger charge is -2.18. The molecule has 4 rings (SSSR count). The van der Waals surface area contributed by atoms with Crippen molar-refractivity contribution in [2.75, 3.05) is 12.4 Å². The van der Waals surface area contributed by atoms with Gasteiger partial charge in [0, 0.05) is 23.0 Å². The van der Waals surface area contributed by atoms with Gasteiger partial charge in [-0.05, 0) is 31.4 Å². The number of hydrogen-bond donors (Lipinski definition) is 1. The van der Waals surface area contributed by atoms with Crippen LogP contribution in [0.25, 0.3) is 21.8 Å². The lowest BCUT2D eigenvalue weighted by Crippen LogP contribution is -2.23. The van der Waals surface area contributed by atoms with E-state index in [1.165, 1.54) is 13.4 Å². The van der Waals surface area contributed by atoms with Crippen LogP contribution in [0.15, 0.2) is 30.7 Å². The normalized spacial score (nSPS) is 19.4. The van der Waals surface area contributed by atoms with Crippen molar-refractivity contribution in [2.24, 2.45) is 5.92 Å². The Bertz CT molecular complexity index is 1040. The molecule has 2 heterocycles. The molecule has 0 spiro atoms. The Morgan fingerprint density at radius 3 is 3.04 bits per heavy atom. The molecule has 7 nitrogen and oxygen atoms in total. The molecule has 130 valence electrons. The number of carbonyl (C=O) groups excluding carboxylic acids is 1. The number of nitrogens with zero attached hydrogens (tertiary/aromatic N) is 4. The average molecular weight is 347 g/mol. The SMILES string of the molecule is COC(=O)c1ccc2c(c1)nc(NC1CCCC1C#N)c1ncncc12. The van der Waals surface area contributed by atoms with Gasteiger partial charge < -0.3 is 10.1 Å². The predicted octanol–water partition coefficient (Wildman–Crippen LogP) is 3.07. The number of esters is 1. The largest absolute Gasteiger partial charge is 0.465 e. The van der Waals surface area contributed by atoms with E-state index in [0.29, 0.717) is 22.4 Å². The molecule has 7 heteroatoms. The molecular weight excluding hydrogens is 330 g/mol. The van der Waals surface area contributed by atoms with E-state index in [9.17, 15) is 10.1 Å². The number of nitriles is 1. The minimum absolute atomic E-state index is 0.0363. The molecule has 2 atom stereocenters. The highest BCUT2D eigenvalue weighted by atomic mass is 16.5. The molecular formula is C19H17N5O2. The van der Waals surface area contributed by atoms with E-state index in [4.69, 9.17) is 9.72 Å². The Morgan fingerprint density at radius 1 is 1.35 bits per heavy atom. The van der Waals surface area contributed by atoms with E-state index in [2.05, 4.69) is 21.4 Å². The first kappa shape index (κ1) is 16.2. The van der Waals surface area contributed by atoms with Crippen LogP contribution in [0, 0.1) is 17.2 Å². The second kappa shape index (κ2) is 6.56. The highest BCUT2D eigenvalue weighted by Crippen LogP contribution is 2.32. The van der Waals surface area contributed by atoms with E-state index in [1.807, 2.05) is 6.07 Å². The maximum Gasteiger partial charge on any atom is 0.337 e. The zero-order chi connectivity index (χ0) is 18.1. The summed E-state index contributed by atoms with van der Waals surface area (Å²) < 4.78 is 4.80. The quantitative estimate of drug-likeness (QED) is 0.574. The molecule has 2 aromatic heterocycles. The van der Waals surface area contributed by atoms with Gasteiger partial charge in [0.25, 0.3) is 0 Å². The van der Waals surface area contributed by atoms with Crippen molar-refractivity contribution < 1.29 is 9.53 Å². The van der Waals surface area contributed by atoms with E-state index < -0.39 is 5.97 Å². The molecule has 1 saturated carbocycles. The first-order valence-corrected chi connectivity index (χ1v) is 8.49. The summed E-state index contributed by atoms with van der Waals surface area (Å²) in [7, 11) is 1.35. The van der Waals surface area contributed by atoms with Crippen LogP contribution in [-0.4, -0.2) is 34.1 Å². The number of aromatic nitrogens is 3. The summed E-state index contributed by atoms with van der Waals surface area (Å²) in [6, 6.07) is 7.66. The van der Waals surface area contributed by atoms with Gasteiger partial charge in [-0.15, -0.1) is 0 Å². The smallest absolute Gasteiger partial charge is 0.337 e. The Kier molecular flexibility index (Phi) is 4.09. The molecule has 0 radical (unpaired) electrons. The Balaban J connectivity index is 1.87. The summed E-state index contributed by atoms with van der Waals surface area (Å²) in [4.78, 5) is 25.1. The van der Waals surface area contributed by atoms with Crippen LogP contribution in [0.2, 0.25) is 0 Å². The van der Waals surface area contributed by atoms with Crippen LogP contribution >= 0.6 is 0 Å². The Morgan fingerprint density at radius 2 is 2.23 bits per heavy atom. The average Bonchev–Trinajstić information content (AvgIpc) is 3.14. The Labute approximate surface area is 150 Å². The second-order valence-corrected chi connectivity index (χ2v) is 6.39. The number of ether oxygens (including phenoxy) is 1. The fraction of sp³-hybridized carbons (Fsp3) is 0.316. The van der Waals surface area contributed by atoms with E-state index in [-0.39, 0.29) is 12.0 Å². The van der Waals surface area contributed by atoms with Crippen molar-refractivity contribution in [3.05, 3.63) is 36.3 Å². The number of nitrogens with one attached hydrogen (secondary N) is 1. The molecule has 1 aliphatic rings. The van der Waals surface area contributed by atoms with Crippen LogP contribution in [0.3, 0.4) is 0 Å². The first-order chi connectivity index (χ1) is 12.7. The van der Waals surface area contributed by atoms with Crippen molar-refractivity contribution in [1.82, 2.24) is 15.0 Å². The zero-order valence-corrected chi connectivity index (χ0v) is 14.3. The molecule has 0 bridgehead atoms. The van der Waals surface area contributed by atoms with Gasteiger partial charge in [0.2, 0.25) is 0 Å². The van der Waals surface area contributed by atoms with Crippen molar-refractivity contribution in [3.8, 4) is 6.07 Å². The number of benzene rings is 1. The van der Waals surface area contributed by atoms with Gasteiger partial charge in [0.1, 0.15) is 11.8 Å². The molecule has 1 aliphatic carbocycles. The third-order valence-electron chi connectivity index (χ3n) is 4.88. The lowest BCUT2D eigenvalue weighted by molar-refractivity contribution is 0.0601. The third kappa shape index (κ3) is 2.69. The number of rotatable bonds is 3. The molecule has 26 heavy (non-hydrogen) atoms. The predicted molar refractivity (Wildman–Crippen MR) is 96.5 cm³/mol. The number of carbonyl (C=O) groups is 1. The monoisotopic (exact) mass is 347 g/mol. The summed E-state index contributed by atoms with van der Waals surface area (Å²) >= 11 is 0. The zero-order valence-electron chi connectivity index (χ0n) is 14.3. The van der Waals surface area contributed by atoms with Crippen molar-refractivity contribution >= 4 is 33.6 Å². The van der Waals surface area contributed by atoms with Crippen LogP contribution < -0.4 is 5.32 Å². The van der Waals surface area contributed by atoms with E-state index in [0.717, 1.165) is 30.0 Å². The van der Waals surface area contributed by atoms with Gasteiger partial charge in [0.15, 0.2) is 5.82 Å². The fourth-order valence-corrected chi connectivity index (χ4v) is 3.55. The Hall–Kier alpha value is -3.27. The minimum Gasteiger partial charge on any atom is -0.465 e. The first-order valence-electron chi connectivity index (χ1n) is 8.49. The highest BCUT2D eigenvalue weighted by Gasteiger charge is 2.28. The lowest BCUT2D eigenvalue weighted by atomic mass is 10.0. The number of hydrogen-bond acceptors (Lipinski definition) is 7. The standard InChI is InChI=1S/C19H17N5O2/c1-26-19(25)11-5-6-13-14-9-21-10-22-17(14)18(24-16(13)7-11)23-15-4-2-3-12(15)8-20/h5-7,9-10,12,15H,2-4H2,1H3,(H,23,24). The van der Waals surface area contributed by atoms with E-state index >= 15 is 0 Å². The van der Waals surface area contributed by atoms with Crippen LogP contribution in [0.1, 0.15) is 29.6 Å². The maximum atomic E-state index is 11.8. The van der Waals surface area contributed by atoms with Crippen LogP contribution in [0.4, 0.5) is 5.82 Å². The van der Waals surface area contributed by atoms with Crippen molar-refractivity contribution in [1.29, 1.82) is 5.26 Å². The fourth-order valence-electron chi connectivity index (χ4n) is 3.55. The highest BCUT2D eigenvalue weighted by molar-refractivity contribution is 6.09. The molecule has 0 saturated heterocycles. The molecule has 3 aromatic rings. The molecule has 1 N–H and O–H groups in total. The number of methoxy groups -OCH3 is 1. The number of fused-ring (bicyclic) bond motifs is 3. The van der Waals surface area contributed by atoms with Crippen molar-refractivity contribution in [3.63, 3.8) is 0 Å². The summed E-state index contributed by atoms with van der Waals surface area (Å²) in [6.45, 7) is 0. The van der Waals surface area contributed by atoms with Gasteiger partial charge in [-0.1, -0.05) is 6.07 Å².